The first-order chi connectivity index (χ1) is 17.0. The number of carbonyl (C=O) groups excluding carboxylic acids is 1. The molecule has 0 aliphatic heterocycles. The highest BCUT2D eigenvalue weighted by atomic mass is 35.5. The molecule has 4 rings (SSSR count). The zero-order valence-corrected chi connectivity index (χ0v) is 20.1. The predicted octanol–water partition coefficient (Wildman–Crippen LogP) is 7.58. The van der Waals surface area contributed by atoms with Gasteiger partial charge in [-0.1, -0.05) is 46.9 Å². The first kappa shape index (κ1) is 25.7. The Labute approximate surface area is 216 Å². The van der Waals surface area contributed by atoms with Crippen LogP contribution in [0.1, 0.15) is 5.76 Å². The van der Waals surface area contributed by atoms with E-state index in [4.69, 9.17) is 48.7 Å². The van der Waals surface area contributed by atoms with Crippen molar-refractivity contribution < 1.29 is 31.9 Å². The van der Waals surface area contributed by atoms with Gasteiger partial charge in [0.05, 0.1) is 20.5 Å². The van der Waals surface area contributed by atoms with Gasteiger partial charge in [0.1, 0.15) is 17.1 Å². The Balaban J connectivity index is 1.60. The van der Waals surface area contributed by atoms with Gasteiger partial charge >= 0.3 is 6.18 Å². The molecular weight excluding hydrogens is 546 g/mol. The van der Waals surface area contributed by atoms with Crippen LogP contribution in [0.15, 0.2) is 69.9 Å². The number of carbonyl (C=O) groups is 1. The van der Waals surface area contributed by atoms with Crippen molar-refractivity contribution in [3.05, 3.63) is 91.7 Å². The zero-order valence-electron chi connectivity index (χ0n) is 17.8. The summed E-state index contributed by atoms with van der Waals surface area (Å²) in [5, 5.41) is 2.89. The van der Waals surface area contributed by atoms with Crippen LogP contribution in [0.5, 0.6) is 17.2 Å². The highest BCUT2D eigenvalue weighted by molar-refractivity contribution is 6.42. The molecule has 186 valence electrons. The smallest absolute Gasteiger partial charge is 0.453 e. The van der Waals surface area contributed by atoms with E-state index in [1.807, 2.05) is 0 Å². The van der Waals surface area contributed by atoms with Crippen LogP contribution in [-0.2, 0) is 11.0 Å². The van der Waals surface area contributed by atoms with Crippen molar-refractivity contribution in [1.29, 1.82) is 0 Å². The fraction of sp³-hybridized carbons (Fsp3) is 0.0833. The lowest BCUT2D eigenvalue weighted by Gasteiger charge is -2.14. The van der Waals surface area contributed by atoms with E-state index in [9.17, 15) is 22.8 Å². The zero-order chi connectivity index (χ0) is 26.0. The topological polar surface area (TPSA) is 77.8 Å². The Hall–Kier alpha value is -3.40. The van der Waals surface area contributed by atoms with Gasteiger partial charge in [-0.05, 0) is 42.5 Å². The third-order valence-electron chi connectivity index (χ3n) is 4.70. The van der Waals surface area contributed by atoms with Crippen molar-refractivity contribution in [2.45, 2.75) is 6.18 Å². The summed E-state index contributed by atoms with van der Waals surface area (Å²) < 4.78 is 56.8. The summed E-state index contributed by atoms with van der Waals surface area (Å²) >= 11 is 17.7. The molecule has 36 heavy (non-hydrogen) atoms. The molecular formula is C24H13Cl3F3NO5. The molecule has 3 aromatic carbocycles. The van der Waals surface area contributed by atoms with Crippen molar-refractivity contribution in [2.24, 2.45) is 0 Å². The number of ether oxygens (including phenoxy) is 2. The lowest BCUT2D eigenvalue weighted by Crippen LogP contribution is -2.20. The minimum atomic E-state index is -5.06. The van der Waals surface area contributed by atoms with E-state index in [-0.39, 0.29) is 26.9 Å². The van der Waals surface area contributed by atoms with Crippen molar-refractivity contribution in [3.8, 4) is 17.2 Å². The highest BCUT2D eigenvalue weighted by Gasteiger charge is 2.40. The maximum absolute atomic E-state index is 13.7. The molecule has 1 N–H and O–H groups in total. The van der Waals surface area contributed by atoms with Crippen molar-refractivity contribution in [2.75, 3.05) is 11.9 Å². The second kappa shape index (κ2) is 10.3. The molecule has 12 heteroatoms. The number of anilines is 1. The molecule has 0 unspecified atom stereocenters. The van der Waals surface area contributed by atoms with Gasteiger partial charge in [0, 0.05) is 11.8 Å². The van der Waals surface area contributed by atoms with E-state index < -0.39 is 41.2 Å². The maximum atomic E-state index is 13.7. The van der Waals surface area contributed by atoms with Crippen LogP contribution in [0.2, 0.25) is 15.1 Å². The van der Waals surface area contributed by atoms with Crippen molar-refractivity contribution in [3.63, 3.8) is 0 Å². The van der Waals surface area contributed by atoms with Gasteiger partial charge in [-0.3, -0.25) is 9.59 Å². The van der Waals surface area contributed by atoms with Crippen molar-refractivity contribution in [1.82, 2.24) is 0 Å². The molecule has 0 atom stereocenters. The number of para-hydroxylation sites is 1. The molecule has 4 aromatic rings. The number of fused-ring (bicyclic) bond motifs is 1. The SMILES string of the molecule is O=C(COc1ccc2c(=O)c(Oc3ccccc3Cl)c(C(F)(F)F)oc2c1)Nc1ccc(Cl)c(Cl)c1. The predicted molar refractivity (Wildman–Crippen MR) is 130 cm³/mol. The quantitative estimate of drug-likeness (QED) is 0.264. The summed E-state index contributed by atoms with van der Waals surface area (Å²) in [5.41, 5.74) is -1.11. The Morgan fingerprint density at radius 2 is 1.69 bits per heavy atom. The summed E-state index contributed by atoms with van der Waals surface area (Å²) in [7, 11) is 0. The molecule has 0 bridgehead atoms. The van der Waals surface area contributed by atoms with Gasteiger partial charge in [-0.15, -0.1) is 0 Å². The number of halogens is 6. The van der Waals surface area contributed by atoms with E-state index in [1.165, 1.54) is 48.5 Å². The minimum absolute atomic E-state index is 0.00742. The van der Waals surface area contributed by atoms with Crippen LogP contribution in [0, 0.1) is 0 Å². The fourth-order valence-electron chi connectivity index (χ4n) is 3.08. The second-order valence-electron chi connectivity index (χ2n) is 7.24. The van der Waals surface area contributed by atoms with Gasteiger partial charge in [-0.25, -0.2) is 0 Å². The number of alkyl halides is 3. The third-order valence-corrected chi connectivity index (χ3v) is 5.75. The Bertz CT molecular complexity index is 1520. The number of amides is 1. The number of rotatable bonds is 6. The van der Waals surface area contributed by atoms with Crippen LogP contribution >= 0.6 is 34.8 Å². The number of benzene rings is 3. The summed E-state index contributed by atoms with van der Waals surface area (Å²) in [6.07, 6.45) is -5.06. The average Bonchev–Trinajstić information content (AvgIpc) is 2.82. The molecule has 0 radical (unpaired) electrons. The first-order valence-electron chi connectivity index (χ1n) is 10.0. The fourth-order valence-corrected chi connectivity index (χ4v) is 3.56. The molecule has 0 spiro atoms. The summed E-state index contributed by atoms with van der Waals surface area (Å²) in [5.74, 6) is -3.44. The third kappa shape index (κ3) is 5.70. The lowest BCUT2D eigenvalue weighted by atomic mass is 10.2. The number of hydrogen-bond donors (Lipinski definition) is 1. The van der Waals surface area contributed by atoms with E-state index >= 15 is 0 Å². The van der Waals surface area contributed by atoms with Crippen molar-refractivity contribution >= 4 is 57.4 Å². The van der Waals surface area contributed by atoms with E-state index in [0.717, 1.165) is 6.07 Å². The van der Waals surface area contributed by atoms with Crippen LogP contribution < -0.4 is 20.2 Å². The van der Waals surface area contributed by atoms with Crippen LogP contribution in [0.25, 0.3) is 11.0 Å². The molecule has 1 heterocycles. The molecule has 0 aliphatic rings. The monoisotopic (exact) mass is 557 g/mol. The maximum Gasteiger partial charge on any atom is 0.453 e. The molecule has 6 nitrogen and oxygen atoms in total. The Kier molecular flexibility index (Phi) is 7.35. The normalized spacial score (nSPS) is 11.4. The summed E-state index contributed by atoms with van der Waals surface area (Å²) in [4.78, 5) is 25.1. The van der Waals surface area contributed by atoms with E-state index in [1.54, 1.807) is 6.07 Å². The minimum Gasteiger partial charge on any atom is -0.484 e. The Morgan fingerprint density at radius 3 is 2.39 bits per heavy atom. The lowest BCUT2D eigenvalue weighted by molar-refractivity contribution is -0.154. The average molecular weight is 559 g/mol. The highest BCUT2D eigenvalue weighted by Crippen LogP contribution is 2.39. The van der Waals surface area contributed by atoms with Crippen LogP contribution in [0.4, 0.5) is 18.9 Å². The largest absolute Gasteiger partial charge is 0.484 e. The van der Waals surface area contributed by atoms with E-state index in [0.29, 0.717) is 10.7 Å². The van der Waals surface area contributed by atoms with Crippen LogP contribution in [0.3, 0.4) is 0 Å². The molecule has 1 amide bonds. The molecule has 0 saturated carbocycles. The summed E-state index contributed by atoms with van der Waals surface area (Å²) in [6.45, 7) is -0.490. The Morgan fingerprint density at radius 1 is 0.944 bits per heavy atom. The molecule has 0 saturated heterocycles. The van der Waals surface area contributed by atoms with Gasteiger partial charge in [-0.2, -0.15) is 13.2 Å². The van der Waals surface area contributed by atoms with Gasteiger partial charge in [0.15, 0.2) is 6.61 Å². The summed E-state index contributed by atoms with van der Waals surface area (Å²) in [6, 6.07) is 13.8. The first-order valence-corrected chi connectivity index (χ1v) is 11.1. The van der Waals surface area contributed by atoms with Gasteiger partial charge in [0.2, 0.25) is 11.2 Å². The van der Waals surface area contributed by atoms with Gasteiger partial charge < -0.3 is 19.2 Å². The van der Waals surface area contributed by atoms with Gasteiger partial charge in [0.25, 0.3) is 11.7 Å². The van der Waals surface area contributed by atoms with E-state index in [2.05, 4.69) is 5.32 Å². The number of nitrogens with one attached hydrogen (secondary N) is 1. The molecule has 1 aromatic heterocycles. The molecule has 0 aliphatic carbocycles. The van der Waals surface area contributed by atoms with Crippen LogP contribution in [-0.4, -0.2) is 12.5 Å². The second-order valence-corrected chi connectivity index (χ2v) is 8.46. The molecule has 0 fully saturated rings. The number of hydrogen-bond acceptors (Lipinski definition) is 5. The standard InChI is InChI=1S/C24H13Cl3F3NO5/c25-15-8-5-12(9-17(15)27)31-20(32)11-34-13-6-7-14-19(10-13)36-23(24(28,29)30)22(21(14)33)35-18-4-2-1-3-16(18)26/h1-10H,11H2,(H,31,32).